The lowest BCUT2D eigenvalue weighted by atomic mass is 10.3. The molecule has 2 atom stereocenters. The molecule has 0 heterocycles. The summed E-state index contributed by atoms with van der Waals surface area (Å²) >= 11 is 0. The van der Waals surface area contributed by atoms with Crippen molar-refractivity contribution in [2.75, 3.05) is 13.1 Å². The average Bonchev–Trinajstić information content (AvgIpc) is 2.22. The molecular formula is C10H20N2O2. The van der Waals surface area contributed by atoms with Crippen molar-refractivity contribution in [3.63, 3.8) is 0 Å². The average molecular weight is 200 g/mol. The Hall–Kier alpha value is -0.740. The molecule has 0 saturated carbocycles. The molecule has 4 nitrogen and oxygen atoms in total. The van der Waals surface area contributed by atoms with E-state index in [9.17, 15) is 0 Å². The number of hydrogen-bond donors (Lipinski definition) is 2. The van der Waals surface area contributed by atoms with Gasteiger partial charge in [0.05, 0.1) is 25.3 Å². The zero-order chi connectivity index (χ0) is 10.8. The molecule has 0 saturated heterocycles. The van der Waals surface area contributed by atoms with E-state index >= 15 is 0 Å². The van der Waals surface area contributed by atoms with Crippen LogP contribution in [0.15, 0.2) is 9.98 Å². The quantitative estimate of drug-likeness (QED) is 0.593. The van der Waals surface area contributed by atoms with Crippen LogP contribution in [0.2, 0.25) is 0 Å². The fraction of sp³-hybridized carbons (Fsp3) is 0.800. The summed E-state index contributed by atoms with van der Waals surface area (Å²) in [7, 11) is 0. The zero-order valence-corrected chi connectivity index (χ0v) is 8.93. The normalized spacial score (nSPS) is 16.6. The largest absolute Gasteiger partial charge is 0.391 e. The summed E-state index contributed by atoms with van der Waals surface area (Å²) in [6.07, 6.45) is 3.82. The Bertz CT molecular complexity index is 161. The van der Waals surface area contributed by atoms with Crippen LogP contribution in [0.4, 0.5) is 0 Å². The minimum atomic E-state index is -0.360. The zero-order valence-electron chi connectivity index (χ0n) is 8.93. The molecule has 2 unspecified atom stereocenters. The highest BCUT2D eigenvalue weighted by molar-refractivity contribution is 6.16. The number of nitrogens with zero attached hydrogens (tertiary/aromatic N) is 2. The van der Waals surface area contributed by atoms with E-state index in [4.69, 9.17) is 10.2 Å². The maximum absolute atomic E-state index is 9.14. The van der Waals surface area contributed by atoms with E-state index in [-0.39, 0.29) is 12.2 Å². The van der Waals surface area contributed by atoms with Gasteiger partial charge < -0.3 is 10.2 Å². The fourth-order valence-electron chi connectivity index (χ4n) is 0.718. The SMILES string of the molecule is CCC(O)CN=CC=NCC(O)CC. The molecule has 0 fully saturated rings. The highest BCUT2D eigenvalue weighted by atomic mass is 16.3. The standard InChI is InChI=1S/C10H20N2O2/c1-3-9(13)7-11-5-6-12-8-10(14)4-2/h5-6,9-10,13-14H,3-4,7-8H2,1-2H3. The van der Waals surface area contributed by atoms with E-state index in [1.54, 1.807) is 12.4 Å². The number of aliphatic hydroxyl groups is 2. The van der Waals surface area contributed by atoms with E-state index in [0.29, 0.717) is 25.9 Å². The van der Waals surface area contributed by atoms with E-state index in [2.05, 4.69) is 9.98 Å². The molecule has 0 rings (SSSR count). The Morgan fingerprint density at radius 1 is 0.929 bits per heavy atom. The highest BCUT2D eigenvalue weighted by Crippen LogP contribution is 1.89. The third-order valence-electron chi connectivity index (χ3n) is 1.85. The number of aliphatic imine (C=N–C) groups is 2. The van der Waals surface area contributed by atoms with Crippen LogP contribution in [0.5, 0.6) is 0 Å². The van der Waals surface area contributed by atoms with Gasteiger partial charge in [0.2, 0.25) is 0 Å². The summed E-state index contributed by atoms with van der Waals surface area (Å²) in [5.74, 6) is 0. The minimum Gasteiger partial charge on any atom is -0.391 e. The van der Waals surface area contributed by atoms with Gasteiger partial charge >= 0.3 is 0 Å². The second kappa shape index (κ2) is 8.84. The van der Waals surface area contributed by atoms with Crippen LogP contribution in [-0.4, -0.2) is 47.9 Å². The maximum atomic E-state index is 9.14. The summed E-state index contributed by atoms with van der Waals surface area (Å²) in [4.78, 5) is 7.92. The van der Waals surface area contributed by atoms with Crippen molar-refractivity contribution >= 4 is 12.4 Å². The lowest BCUT2D eigenvalue weighted by Crippen LogP contribution is -2.09. The van der Waals surface area contributed by atoms with Crippen molar-refractivity contribution in [3.05, 3.63) is 0 Å². The molecule has 14 heavy (non-hydrogen) atoms. The molecular weight excluding hydrogens is 180 g/mol. The third-order valence-corrected chi connectivity index (χ3v) is 1.85. The first-order valence-electron chi connectivity index (χ1n) is 5.05. The molecule has 0 amide bonds. The predicted molar refractivity (Wildman–Crippen MR) is 59.3 cm³/mol. The fourth-order valence-corrected chi connectivity index (χ4v) is 0.718. The Morgan fingerprint density at radius 2 is 1.29 bits per heavy atom. The first-order chi connectivity index (χ1) is 6.70. The van der Waals surface area contributed by atoms with Crippen LogP contribution in [0.1, 0.15) is 26.7 Å². The highest BCUT2D eigenvalue weighted by Gasteiger charge is 1.96. The molecule has 4 heteroatoms. The predicted octanol–water partition coefficient (Wildman–Crippen LogP) is 0.670. The van der Waals surface area contributed by atoms with Crippen molar-refractivity contribution in [1.29, 1.82) is 0 Å². The molecule has 0 radical (unpaired) electrons. The first-order valence-corrected chi connectivity index (χ1v) is 5.05. The smallest absolute Gasteiger partial charge is 0.0732 e. The molecule has 0 aliphatic rings. The number of aliphatic hydroxyl groups excluding tert-OH is 2. The van der Waals surface area contributed by atoms with Gasteiger partial charge in [-0.05, 0) is 12.8 Å². The van der Waals surface area contributed by atoms with Crippen molar-refractivity contribution in [3.8, 4) is 0 Å². The van der Waals surface area contributed by atoms with Crippen LogP contribution in [0.3, 0.4) is 0 Å². The van der Waals surface area contributed by atoms with Crippen molar-refractivity contribution < 1.29 is 10.2 Å². The second-order valence-corrected chi connectivity index (χ2v) is 3.15. The lowest BCUT2D eigenvalue weighted by molar-refractivity contribution is 0.179. The molecule has 2 N–H and O–H groups in total. The summed E-state index contributed by atoms with van der Waals surface area (Å²) in [5.41, 5.74) is 0. The molecule has 0 aromatic rings. The number of rotatable bonds is 7. The van der Waals surface area contributed by atoms with Gasteiger partial charge in [0, 0.05) is 12.4 Å². The minimum absolute atomic E-state index is 0.360. The van der Waals surface area contributed by atoms with Crippen LogP contribution in [-0.2, 0) is 0 Å². The molecule has 82 valence electrons. The maximum Gasteiger partial charge on any atom is 0.0732 e. The summed E-state index contributed by atoms with van der Waals surface area (Å²) in [6.45, 7) is 4.65. The Kier molecular flexibility index (Phi) is 8.37. The van der Waals surface area contributed by atoms with Crippen LogP contribution < -0.4 is 0 Å². The Balaban J connectivity index is 3.50. The van der Waals surface area contributed by atoms with Crippen LogP contribution >= 0.6 is 0 Å². The topological polar surface area (TPSA) is 65.2 Å². The van der Waals surface area contributed by atoms with Gasteiger partial charge in [-0.1, -0.05) is 13.8 Å². The van der Waals surface area contributed by atoms with Gasteiger partial charge in [0.1, 0.15) is 0 Å². The van der Waals surface area contributed by atoms with E-state index in [1.807, 2.05) is 13.8 Å². The molecule has 0 aliphatic carbocycles. The summed E-state index contributed by atoms with van der Waals surface area (Å²) in [6, 6.07) is 0. The van der Waals surface area contributed by atoms with Gasteiger partial charge in [-0.2, -0.15) is 0 Å². The Morgan fingerprint density at radius 3 is 1.57 bits per heavy atom. The molecule has 0 bridgehead atoms. The molecule has 0 aromatic heterocycles. The van der Waals surface area contributed by atoms with Gasteiger partial charge in [0.25, 0.3) is 0 Å². The van der Waals surface area contributed by atoms with Gasteiger partial charge in [0.15, 0.2) is 0 Å². The second-order valence-electron chi connectivity index (χ2n) is 3.15. The van der Waals surface area contributed by atoms with Crippen molar-refractivity contribution in [2.24, 2.45) is 9.98 Å². The molecule has 0 aromatic carbocycles. The van der Waals surface area contributed by atoms with Gasteiger partial charge in [-0.3, -0.25) is 9.98 Å². The van der Waals surface area contributed by atoms with Crippen LogP contribution in [0, 0.1) is 0 Å². The monoisotopic (exact) mass is 200 g/mol. The van der Waals surface area contributed by atoms with Crippen molar-refractivity contribution in [2.45, 2.75) is 38.9 Å². The Labute approximate surface area is 85.4 Å². The lowest BCUT2D eigenvalue weighted by Gasteiger charge is -2.01. The van der Waals surface area contributed by atoms with Gasteiger partial charge in [-0.15, -0.1) is 0 Å². The van der Waals surface area contributed by atoms with Gasteiger partial charge in [-0.25, -0.2) is 0 Å². The number of hydrogen-bond acceptors (Lipinski definition) is 4. The third kappa shape index (κ3) is 7.89. The molecule has 0 spiro atoms. The van der Waals surface area contributed by atoms with E-state index in [0.717, 1.165) is 0 Å². The van der Waals surface area contributed by atoms with E-state index in [1.165, 1.54) is 0 Å². The summed E-state index contributed by atoms with van der Waals surface area (Å²) < 4.78 is 0. The first kappa shape index (κ1) is 13.3. The van der Waals surface area contributed by atoms with Crippen molar-refractivity contribution in [1.82, 2.24) is 0 Å². The van der Waals surface area contributed by atoms with Crippen LogP contribution in [0.25, 0.3) is 0 Å². The van der Waals surface area contributed by atoms with E-state index < -0.39 is 0 Å². The molecule has 0 aliphatic heterocycles. The summed E-state index contributed by atoms with van der Waals surface area (Å²) in [5, 5.41) is 18.3.